The third-order valence-electron chi connectivity index (χ3n) is 3.10. The van der Waals surface area contributed by atoms with Gasteiger partial charge < -0.3 is 15.0 Å². The Kier molecular flexibility index (Phi) is 6.68. The molecule has 0 aliphatic heterocycles. The maximum atomic E-state index is 5.37. The van der Waals surface area contributed by atoms with Crippen LogP contribution >= 0.6 is 15.9 Å². The Morgan fingerprint density at radius 2 is 2.17 bits per heavy atom. The zero-order chi connectivity index (χ0) is 13.5. The van der Waals surface area contributed by atoms with Crippen LogP contribution in [0.3, 0.4) is 0 Å². The number of anilines is 1. The molecule has 102 valence electrons. The van der Waals surface area contributed by atoms with Crippen LogP contribution in [-0.2, 0) is 4.74 Å². The lowest BCUT2D eigenvalue weighted by atomic mass is 10.1. The van der Waals surface area contributed by atoms with Gasteiger partial charge in [0.2, 0.25) is 0 Å². The Morgan fingerprint density at radius 3 is 2.72 bits per heavy atom. The van der Waals surface area contributed by atoms with Crippen molar-refractivity contribution >= 4 is 21.6 Å². The summed E-state index contributed by atoms with van der Waals surface area (Å²) in [6, 6.07) is 6.83. The van der Waals surface area contributed by atoms with Gasteiger partial charge >= 0.3 is 0 Å². The van der Waals surface area contributed by atoms with Crippen molar-refractivity contribution in [1.29, 1.82) is 0 Å². The van der Waals surface area contributed by atoms with Crippen LogP contribution in [-0.4, -0.2) is 33.9 Å². The third kappa shape index (κ3) is 4.26. The highest BCUT2D eigenvalue weighted by molar-refractivity contribution is 9.10. The molecule has 0 saturated heterocycles. The number of benzene rings is 1. The number of nitrogens with zero attached hydrogens (tertiary/aromatic N) is 1. The molecule has 0 heterocycles. The van der Waals surface area contributed by atoms with Crippen molar-refractivity contribution in [3.8, 4) is 0 Å². The standard InChI is InChI=1S/C14H23BrN2O/c1-5-18-9-8-17(4)12-6-7-13(11(2)16-3)14(15)10-12/h6-7,10-11,16H,5,8-9H2,1-4H3. The molecule has 0 bridgehead atoms. The van der Waals surface area contributed by atoms with E-state index in [0.29, 0.717) is 6.04 Å². The zero-order valence-electron chi connectivity index (χ0n) is 11.7. The van der Waals surface area contributed by atoms with Crippen LogP contribution in [0.15, 0.2) is 22.7 Å². The van der Waals surface area contributed by atoms with Crippen molar-refractivity contribution in [3.63, 3.8) is 0 Å². The van der Waals surface area contributed by atoms with E-state index in [9.17, 15) is 0 Å². The van der Waals surface area contributed by atoms with Gasteiger partial charge in [0.25, 0.3) is 0 Å². The monoisotopic (exact) mass is 314 g/mol. The van der Waals surface area contributed by atoms with Crippen molar-refractivity contribution in [2.45, 2.75) is 19.9 Å². The molecule has 0 aliphatic rings. The Bertz CT molecular complexity index is 371. The zero-order valence-corrected chi connectivity index (χ0v) is 13.3. The van der Waals surface area contributed by atoms with Gasteiger partial charge in [0.05, 0.1) is 6.61 Å². The predicted octanol–water partition coefficient (Wildman–Crippen LogP) is 3.20. The minimum Gasteiger partial charge on any atom is -0.380 e. The molecular formula is C14H23BrN2O. The normalized spacial score (nSPS) is 12.5. The number of likely N-dealkylation sites (N-methyl/N-ethyl adjacent to an activating group) is 1. The fourth-order valence-corrected chi connectivity index (χ4v) is 2.45. The molecule has 0 fully saturated rings. The molecule has 18 heavy (non-hydrogen) atoms. The third-order valence-corrected chi connectivity index (χ3v) is 3.79. The summed E-state index contributed by atoms with van der Waals surface area (Å²) >= 11 is 3.64. The van der Waals surface area contributed by atoms with Crippen molar-refractivity contribution in [1.82, 2.24) is 5.32 Å². The number of hydrogen-bond acceptors (Lipinski definition) is 3. The molecule has 0 saturated carbocycles. The summed E-state index contributed by atoms with van der Waals surface area (Å²) < 4.78 is 6.52. The van der Waals surface area contributed by atoms with Crippen LogP contribution in [0.1, 0.15) is 25.5 Å². The Labute approximate surface area is 119 Å². The molecule has 1 rings (SSSR count). The van der Waals surface area contributed by atoms with Gasteiger partial charge in [-0.25, -0.2) is 0 Å². The van der Waals surface area contributed by atoms with Gasteiger partial charge in [-0.1, -0.05) is 22.0 Å². The van der Waals surface area contributed by atoms with Gasteiger partial charge in [0, 0.05) is 36.4 Å². The van der Waals surface area contributed by atoms with Gasteiger partial charge in [-0.05, 0) is 38.6 Å². The van der Waals surface area contributed by atoms with Crippen LogP contribution in [0.4, 0.5) is 5.69 Å². The van der Waals surface area contributed by atoms with Gasteiger partial charge in [-0.15, -0.1) is 0 Å². The van der Waals surface area contributed by atoms with Gasteiger partial charge in [0.1, 0.15) is 0 Å². The van der Waals surface area contributed by atoms with E-state index >= 15 is 0 Å². The Morgan fingerprint density at radius 1 is 1.44 bits per heavy atom. The molecule has 0 aromatic heterocycles. The van der Waals surface area contributed by atoms with E-state index in [1.165, 1.54) is 11.3 Å². The smallest absolute Gasteiger partial charge is 0.0641 e. The number of hydrogen-bond donors (Lipinski definition) is 1. The van der Waals surface area contributed by atoms with Crippen LogP contribution in [0, 0.1) is 0 Å². The number of rotatable bonds is 7. The topological polar surface area (TPSA) is 24.5 Å². The summed E-state index contributed by atoms with van der Waals surface area (Å²) in [5.41, 5.74) is 2.48. The first-order valence-corrected chi connectivity index (χ1v) is 7.15. The lowest BCUT2D eigenvalue weighted by molar-refractivity contribution is 0.154. The first-order valence-electron chi connectivity index (χ1n) is 6.35. The van der Waals surface area contributed by atoms with E-state index in [4.69, 9.17) is 4.74 Å². The molecule has 0 aliphatic carbocycles. The van der Waals surface area contributed by atoms with Crippen LogP contribution in [0.2, 0.25) is 0 Å². The van der Waals surface area contributed by atoms with Gasteiger partial charge in [0.15, 0.2) is 0 Å². The van der Waals surface area contributed by atoms with Crippen molar-refractivity contribution in [3.05, 3.63) is 28.2 Å². The van der Waals surface area contributed by atoms with E-state index in [1.807, 2.05) is 14.0 Å². The second-order valence-electron chi connectivity index (χ2n) is 4.33. The molecule has 1 N–H and O–H groups in total. The van der Waals surface area contributed by atoms with E-state index in [1.54, 1.807) is 0 Å². The summed E-state index contributed by atoms with van der Waals surface area (Å²) in [5.74, 6) is 0. The van der Waals surface area contributed by atoms with Crippen LogP contribution in [0.25, 0.3) is 0 Å². The molecule has 1 aromatic rings. The van der Waals surface area contributed by atoms with E-state index < -0.39 is 0 Å². The lowest BCUT2D eigenvalue weighted by Gasteiger charge is -2.21. The molecular weight excluding hydrogens is 292 g/mol. The molecule has 1 aromatic carbocycles. The highest BCUT2D eigenvalue weighted by Crippen LogP contribution is 2.27. The average molecular weight is 315 g/mol. The van der Waals surface area contributed by atoms with Gasteiger partial charge in [-0.2, -0.15) is 0 Å². The maximum absolute atomic E-state index is 5.37. The van der Waals surface area contributed by atoms with Crippen molar-refractivity contribution in [2.24, 2.45) is 0 Å². The predicted molar refractivity (Wildman–Crippen MR) is 81.4 cm³/mol. The second kappa shape index (κ2) is 7.77. The molecule has 1 unspecified atom stereocenters. The van der Waals surface area contributed by atoms with E-state index in [-0.39, 0.29) is 0 Å². The molecule has 0 spiro atoms. The van der Waals surface area contributed by atoms with Crippen LogP contribution in [0.5, 0.6) is 0 Å². The largest absolute Gasteiger partial charge is 0.380 e. The summed E-state index contributed by atoms with van der Waals surface area (Å²) in [7, 11) is 4.06. The number of nitrogens with one attached hydrogen (secondary N) is 1. The summed E-state index contributed by atoms with van der Waals surface area (Å²) in [5, 5.41) is 3.25. The molecule has 0 amide bonds. The Balaban J connectivity index is 2.71. The Hall–Kier alpha value is -0.580. The number of halogens is 1. The van der Waals surface area contributed by atoms with Gasteiger partial charge in [-0.3, -0.25) is 0 Å². The SMILES string of the molecule is CCOCCN(C)c1ccc(C(C)NC)c(Br)c1. The van der Waals surface area contributed by atoms with Crippen LogP contribution < -0.4 is 10.2 Å². The quantitative estimate of drug-likeness (QED) is 0.782. The lowest BCUT2D eigenvalue weighted by Crippen LogP contribution is -2.22. The average Bonchev–Trinajstić information content (AvgIpc) is 2.38. The fraction of sp³-hybridized carbons (Fsp3) is 0.571. The van der Waals surface area contributed by atoms with E-state index in [2.05, 4.69) is 58.3 Å². The molecule has 1 atom stereocenters. The first-order chi connectivity index (χ1) is 8.60. The molecule has 3 nitrogen and oxygen atoms in total. The molecule has 4 heteroatoms. The summed E-state index contributed by atoms with van der Waals surface area (Å²) in [4.78, 5) is 2.20. The van der Waals surface area contributed by atoms with Crippen molar-refractivity contribution in [2.75, 3.05) is 38.8 Å². The van der Waals surface area contributed by atoms with E-state index in [0.717, 1.165) is 24.2 Å². The highest BCUT2D eigenvalue weighted by Gasteiger charge is 2.09. The fourth-order valence-electron chi connectivity index (χ4n) is 1.74. The first kappa shape index (κ1) is 15.5. The van der Waals surface area contributed by atoms with Crippen molar-refractivity contribution < 1.29 is 4.74 Å². The second-order valence-corrected chi connectivity index (χ2v) is 5.19. The maximum Gasteiger partial charge on any atom is 0.0641 e. The molecule has 0 radical (unpaired) electrons. The summed E-state index contributed by atoms with van der Waals surface area (Å²) in [6.07, 6.45) is 0. The highest BCUT2D eigenvalue weighted by atomic mass is 79.9. The minimum absolute atomic E-state index is 0.349. The minimum atomic E-state index is 0.349. The summed E-state index contributed by atoms with van der Waals surface area (Å²) in [6.45, 7) is 6.61. The number of ether oxygens (including phenoxy) is 1.